The largest absolute Gasteiger partial charge is 0.324 e. The first kappa shape index (κ1) is 15.4. The zero-order chi connectivity index (χ0) is 14.5. The van der Waals surface area contributed by atoms with Crippen LogP contribution in [0.4, 0.5) is 5.00 Å². The van der Waals surface area contributed by atoms with Gasteiger partial charge >= 0.3 is 5.00 Å². The lowest BCUT2D eigenvalue weighted by Crippen LogP contribution is -2.45. The van der Waals surface area contributed by atoms with Crippen molar-refractivity contribution in [3.63, 3.8) is 0 Å². The Labute approximate surface area is 124 Å². The number of nitrogens with zero attached hydrogens (tertiary/aromatic N) is 2. The molecule has 1 aliphatic rings. The van der Waals surface area contributed by atoms with Gasteiger partial charge in [0.1, 0.15) is 0 Å². The SMILES string of the molecule is CC(C)CC[C@@H](c1csc([N+](=O)[O-])c1)N1CCNCC1. The fourth-order valence-electron chi connectivity index (χ4n) is 2.65. The van der Waals surface area contributed by atoms with Crippen LogP contribution < -0.4 is 5.32 Å². The summed E-state index contributed by atoms with van der Waals surface area (Å²) in [5, 5.41) is 16.5. The molecular weight excluding hydrogens is 274 g/mol. The van der Waals surface area contributed by atoms with E-state index >= 15 is 0 Å². The van der Waals surface area contributed by atoms with Gasteiger partial charge in [-0.3, -0.25) is 15.0 Å². The lowest BCUT2D eigenvalue weighted by atomic mass is 9.97. The monoisotopic (exact) mass is 297 g/mol. The van der Waals surface area contributed by atoms with Crippen molar-refractivity contribution in [2.24, 2.45) is 5.92 Å². The minimum atomic E-state index is -0.286. The number of thiophene rings is 1. The number of nitrogens with one attached hydrogen (secondary N) is 1. The maximum absolute atomic E-state index is 10.9. The second-order valence-electron chi connectivity index (χ2n) is 5.75. The van der Waals surface area contributed by atoms with E-state index in [1.807, 2.05) is 5.38 Å². The van der Waals surface area contributed by atoms with Crippen LogP contribution in [0, 0.1) is 16.0 Å². The molecule has 0 aromatic carbocycles. The van der Waals surface area contributed by atoms with Gasteiger partial charge < -0.3 is 5.32 Å². The van der Waals surface area contributed by atoms with Gasteiger partial charge in [-0.25, -0.2) is 0 Å². The third kappa shape index (κ3) is 4.01. The summed E-state index contributed by atoms with van der Waals surface area (Å²) in [5.41, 5.74) is 1.12. The number of nitro groups is 1. The highest BCUT2D eigenvalue weighted by atomic mass is 32.1. The molecule has 1 aromatic rings. The molecule has 0 aliphatic carbocycles. The maximum Gasteiger partial charge on any atom is 0.324 e. The lowest BCUT2D eigenvalue weighted by Gasteiger charge is -2.35. The van der Waals surface area contributed by atoms with Crippen LogP contribution in [0.2, 0.25) is 0 Å². The molecule has 5 nitrogen and oxygen atoms in total. The maximum atomic E-state index is 10.9. The van der Waals surface area contributed by atoms with Crippen LogP contribution in [0.25, 0.3) is 0 Å². The van der Waals surface area contributed by atoms with Gasteiger partial charge in [0.25, 0.3) is 0 Å². The molecule has 0 radical (unpaired) electrons. The van der Waals surface area contributed by atoms with E-state index < -0.39 is 0 Å². The zero-order valence-corrected chi connectivity index (χ0v) is 13.0. The molecule has 0 bridgehead atoms. The summed E-state index contributed by atoms with van der Waals surface area (Å²) in [6, 6.07) is 2.09. The van der Waals surface area contributed by atoms with Crippen LogP contribution in [0.1, 0.15) is 38.3 Å². The molecule has 1 N–H and O–H groups in total. The van der Waals surface area contributed by atoms with E-state index in [0.29, 0.717) is 12.0 Å². The van der Waals surface area contributed by atoms with Gasteiger partial charge in [0.05, 0.1) is 4.92 Å². The van der Waals surface area contributed by atoms with E-state index in [0.717, 1.165) is 44.6 Å². The Morgan fingerprint density at radius 1 is 1.40 bits per heavy atom. The topological polar surface area (TPSA) is 58.4 Å². The van der Waals surface area contributed by atoms with E-state index in [-0.39, 0.29) is 9.92 Å². The predicted octanol–water partition coefficient (Wildman–Crippen LogP) is 3.04. The van der Waals surface area contributed by atoms with Gasteiger partial charge in [0, 0.05) is 43.7 Å². The van der Waals surface area contributed by atoms with E-state index in [4.69, 9.17) is 0 Å². The highest BCUT2D eigenvalue weighted by Gasteiger charge is 2.24. The Balaban J connectivity index is 2.12. The van der Waals surface area contributed by atoms with E-state index in [9.17, 15) is 10.1 Å². The number of hydrogen-bond donors (Lipinski definition) is 1. The molecule has 0 spiro atoms. The zero-order valence-electron chi connectivity index (χ0n) is 12.2. The first-order chi connectivity index (χ1) is 9.58. The number of hydrogen-bond acceptors (Lipinski definition) is 5. The van der Waals surface area contributed by atoms with Gasteiger partial charge in [0.2, 0.25) is 0 Å². The standard InChI is InChI=1S/C14H23N3O2S/c1-11(2)3-4-13(16-7-5-15-6-8-16)12-9-14(17(18)19)20-10-12/h9-11,13,15H,3-8H2,1-2H3/t13-/m0/s1. The van der Waals surface area contributed by atoms with Crippen molar-refractivity contribution in [3.8, 4) is 0 Å². The Kier molecular flexibility index (Phi) is 5.51. The summed E-state index contributed by atoms with van der Waals surface area (Å²) in [5.74, 6) is 0.661. The third-order valence-corrected chi connectivity index (χ3v) is 4.68. The number of rotatable bonds is 6. The van der Waals surface area contributed by atoms with Crippen LogP contribution in [0.15, 0.2) is 11.4 Å². The highest BCUT2D eigenvalue weighted by molar-refractivity contribution is 7.13. The molecule has 112 valence electrons. The van der Waals surface area contributed by atoms with Gasteiger partial charge in [-0.05, 0) is 24.3 Å². The first-order valence-electron chi connectivity index (χ1n) is 7.25. The fraction of sp³-hybridized carbons (Fsp3) is 0.714. The molecule has 2 heterocycles. The lowest BCUT2D eigenvalue weighted by molar-refractivity contribution is -0.380. The number of piperazine rings is 1. The van der Waals surface area contributed by atoms with Gasteiger partial charge in [0.15, 0.2) is 0 Å². The van der Waals surface area contributed by atoms with Crippen molar-refractivity contribution >= 4 is 16.3 Å². The summed E-state index contributed by atoms with van der Waals surface area (Å²) >= 11 is 1.24. The van der Waals surface area contributed by atoms with E-state index in [1.165, 1.54) is 11.3 Å². The predicted molar refractivity (Wildman–Crippen MR) is 82.2 cm³/mol. The second-order valence-corrected chi connectivity index (χ2v) is 6.64. The smallest absolute Gasteiger partial charge is 0.314 e. The molecule has 0 amide bonds. The van der Waals surface area contributed by atoms with E-state index in [2.05, 4.69) is 24.1 Å². The molecule has 2 rings (SSSR count). The van der Waals surface area contributed by atoms with Crippen molar-refractivity contribution in [2.75, 3.05) is 26.2 Å². The van der Waals surface area contributed by atoms with Crippen molar-refractivity contribution in [1.29, 1.82) is 0 Å². The van der Waals surface area contributed by atoms with Gasteiger partial charge in [-0.2, -0.15) is 0 Å². The Morgan fingerprint density at radius 2 is 2.10 bits per heavy atom. The Bertz CT molecular complexity index is 441. The molecule has 1 atom stereocenters. The fourth-order valence-corrected chi connectivity index (χ4v) is 3.43. The van der Waals surface area contributed by atoms with Crippen LogP contribution in [0.5, 0.6) is 0 Å². The van der Waals surface area contributed by atoms with E-state index in [1.54, 1.807) is 6.07 Å². The Hall–Kier alpha value is -0.980. The highest BCUT2D eigenvalue weighted by Crippen LogP contribution is 2.33. The summed E-state index contributed by atoms with van der Waals surface area (Å²) in [6.07, 6.45) is 2.23. The molecule has 6 heteroatoms. The molecule has 1 aliphatic heterocycles. The molecular formula is C14H23N3O2S. The van der Waals surface area contributed by atoms with Crippen molar-refractivity contribution in [2.45, 2.75) is 32.7 Å². The molecule has 0 saturated carbocycles. The molecule has 1 saturated heterocycles. The normalized spacial score (nSPS) is 18.4. The summed E-state index contributed by atoms with van der Waals surface area (Å²) in [6.45, 7) is 8.50. The van der Waals surface area contributed by atoms with Crippen LogP contribution in [0.3, 0.4) is 0 Å². The molecule has 0 unspecified atom stereocenters. The van der Waals surface area contributed by atoms with Gasteiger partial charge in [-0.15, -0.1) is 0 Å². The summed E-state index contributed by atoms with van der Waals surface area (Å²) < 4.78 is 0. The first-order valence-corrected chi connectivity index (χ1v) is 8.13. The Morgan fingerprint density at radius 3 is 2.65 bits per heavy atom. The molecule has 20 heavy (non-hydrogen) atoms. The van der Waals surface area contributed by atoms with Crippen molar-refractivity contribution < 1.29 is 4.92 Å². The van der Waals surface area contributed by atoms with Gasteiger partial charge in [-0.1, -0.05) is 25.2 Å². The minimum Gasteiger partial charge on any atom is -0.314 e. The summed E-state index contributed by atoms with van der Waals surface area (Å²) in [4.78, 5) is 13.0. The van der Waals surface area contributed by atoms with Crippen molar-refractivity contribution in [3.05, 3.63) is 27.1 Å². The minimum absolute atomic E-state index is 0.254. The van der Waals surface area contributed by atoms with Crippen LogP contribution in [-0.4, -0.2) is 36.0 Å². The average Bonchev–Trinajstić information content (AvgIpc) is 2.90. The average molecular weight is 297 g/mol. The van der Waals surface area contributed by atoms with Crippen LogP contribution in [-0.2, 0) is 0 Å². The molecule has 1 aromatic heterocycles. The third-order valence-electron chi connectivity index (χ3n) is 3.78. The summed E-state index contributed by atoms with van der Waals surface area (Å²) in [7, 11) is 0. The van der Waals surface area contributed by atoms with Crippen LogP contribution >= 0.6 is 11.3 Å². The second kappa shape index (κ2) is 7.15. The quantitative estimate of drug-likeness (QED) is 0.647. The molecule has 1 fully saturated rings. The van der Waals surface area contributed by atoms with Crippen molar-refractivity contribution in [1.82, 2.24) is 10.2 Å².